The van der Waals surface area contributed by atoms with Crippen LogP contribution in [0.3, 0.4) is 0 Å². The molecule has 9 heteroatoms. The predicted octanol–water partition coefficient (Wildman–Crippen LogP) is 3.93. The summed E-state index contributed by atoms with van der Waals surface area (Å²) in [6.07, 6.45) is 0. The summed E-state index contributed by atoms with van der Waals surface area (Å²) in [6, 6.07) is 15.6. The molecule has 0 aliphatic carbocycles. The number of nitrogens with one attached hydrogen (secondary N) is 1. The minimum atomic E-state index is -1.82. The molecule has 0 saturated carbocycles. The largest absolute Gasteiger partial charge is 0.473 e. The fraction of sp³-hybridized carbons (Fsp3) is 0.250. The van der Waals surface area contributed by atoms with E-state index in [0.717, 1.165) is 33.6 Å². The summed E-state index contributed by atoms with van der Waals surface area (Å²) in [5.41, 5.74) is 0.822. The summed E-state index contributed by atoms with van der Waals surface area (Å²) in [6.45, 7) is 6.29. The first-order valence-corrected chi connectivity index (χ1v) is 9.96. The van der Waals surface area contributed by atoms with E-state index in [-0.39, 0.29) is 5.91 Å². The lowest BCUT2D eigenvalue weighted by molar-refractivity contribution is -0.159. The average Bonchev–Trinajstić information content (AvgIpc) is 2.69. The lowest BCUT2D eigenvalue weighted by atomic mass is 10.3. The lowest BCUT2D eigenvalue weighted by Gasteiger charge is -2.17. The van der Waals surface area contributed by atoms with Gasteiger partial charge in [-0.2, -0.15) is 0 Å². The highest BCUT2D eigenvalue weighted by Gasteiger charge is 2.07. The normalized spacial score (nSPS) is 10.1. The molecule has 0 aliphatic heterocycles. The number of carboxylic acid groups (broad SMARTS) is 2. The molecule has 156 valence electrons. The van der Waals surface area contributed by atoms with Crippen LogP contribution in [0.15, 0.2) is 58.3 Å². The molecule has 0 atom stereocenters. The van der Waals surface area contributed by atoms with Gasteiger partial charge in [0.05, 0.1) is 6.54 Å². The van der Waals surface area contributed by atoms with Crippen LogP contribution in [-0.2, 0) is 14.4 Å². The Bertz CT molecular complexity index is 797. The molecule has 2 rings (SSSR count). The summed E-state index contributed by atoms with van der Waals surface area (Å²) < 4.78 is 0. The third-order valence-electron chi connectivity index (χ3n) is 3.63. The van der Waals surface area contributed by atoms with Crippen LogP contribution in [0.1, 0.15) is 13.8 Å². The number of halogens is 1. The first kappa shape index (κ1) is 24.5. The van der Waals surface area contributed by atoms with Crippen molar-refractivity contribution in [3.05, 3.63) is 53.6 Å². The monoisotopic (exact) mass is 438 g/mol. The molecule has 0 radical (unpaired) electrons. The van der Waals surface area contributed by atoms with Crippen molar-refractivity contribution in [3.8, 4) is 0 Å². The number of carbonyl (C=O) groups is 3. The number of carboxylic acids is 2. The highest BCUT2D eigenvalue weighted by Crippen LogP contribution is 2.29. The van der Waals surface area contributed by atoms with Crippen LogP contribution in [0.4, 0.5) is 5.69 Å². The van der Waals surface area contributed by atoms with Crippen molar-refractivity contribution in [3.63, 3.8) is 0 Å². The molecular formula is C20H23ClN2O5S. The molecule has 0 aromatic heterocycles. The standard InChI is InChI=1S/C18H21ClN2OS.C2H2O4/c1-3-21(4-2)13-18(22)20-15-7-11-17(12-8-15)23-16-9-5-14(19)6-10-16;3-1(4)2(5)6/h5-12H,3-4,13H2,1-2H3,(H,20,22);(H,3,4)(H,5,6). The second kappa shape index (κ2) is 12.8. The zero-order valence-electron chi connectivity index (χ0n) is 16.1. The first-order valence-electron chi connectivity index (χ1n) is 8.77. The van der Waals surface area contributed by atoms with Gasteiger partial charge in [-0.1, -0.05) is 37.2 Å². The highest BCUT2D eigenvalue weighted by atomic mass is 35.5. The van der Waals surface area contributed by atoms with Crippen LogP contribution in [0.2, 0.25) is 5.02 Å². The van der Waals surface area contributed by atoms with Crippen LogP contribution in [0, 0.1) is 0 Å². The Hall–Kier alpha value is -2.55. The molecule has 2 aromatic carbocycles. The van der Waals surface area contributed by atoms with E-state index in [1.54, 1.807) is 11.8 Å². The number of hydrogen-bond donors (Lipinski definition) is 3. The fourth-order valence-corrected chi connectivity index (χ4v) is 3.04. The maximum Gasteiger partial charge on any atom is 0.414 e. The van der Waals surface area contributed by atoms with Crippen molar-refractivity contribution < 1.29 is 24.6 Å². The van der Waals surface area contributed by atoms with E-state index in [0.29, 0.717) is 6.54 Å². The Labute approximate surface area is 178 Å². The number of likely N-dealkylation sites (N-methyl/N-ethyl adjacent to an activating group) is 1. The first-order chi connectivity index (χ1) is 13.7. The molecule has 2 aromatic rings. The summed E-state index contributed by atoms with van der Waals surface area (Å²) in [5, 5.41) is 18.5. The number of carbonyl (C=O) groups excluding carboxylic acids is 1. The Balaban J connectivity index is 0.000000612. The van der Waals surface area contributed by atoms with Gasteiger partial charge in [0.1, 0.15) is 0 Å². The van der Waals surface area contributed by atoms with Gasteiger partial charge in [-0.3, -0.25) is 9.69 Å². The summed E-state index contributed by atoms with van der Waals surface area (Å²) in [7, 11) is 0. The van der Waals surface area contributed by atoms with Gasteiger partial charge in [0.25, 0.3) is 0 Å². The number of rotatable bonds is 7. The Kier molecular flexibility index (Phi) is 10.8. The third-order valence-corrected chi connectivity index (χ3v) is 4.90. The van der Waals surface area contributed by atoms with E-state index in [4.69, 9.17) is 31.4 Å². The van der Waals surface area contributed by atoms with Crippen LogP contribution in [0.5, 0.6) is 0 Å². The number of hydrogen-bond acceptors (Lipinski definition) is 5. The number of amides is 1. The summed E-state index contributed by atoms with van der Waals surface area (Å²) in [4.78, 5) is 34.5. The van der Waals surface area contributed by atoms with Crippen LogP contribution in [-0.4, -0.2) is 52.6 Å². The maximum absolute atomic E-state index is 12.0. The van der Waals surface area contributed by atoms with Gasteiger partial charge >= 0.3 is 11.9 Å². The zero-order valence-corrected chi connectivity index (χ0v) is 17.7. The van der Waals surface area contributed by atoms with E-state index in [1.165, 1.54) is 0 Å². The van der Waals surface area contributed by atoms with Gasteiger partial charge in [-0.05, 0) is 61.6 Å². The molecule has 0 spiro atoms. The molecule has 1 amide bonds. The van der Waals surface area contributed by atoms with Gasteiger partial charge in [0.15, 0.2) is 0 Å². The van der Waals surface area contributed by atoms with Crippen LogP contribution >= 0.6 is 23.4 Å². The lowest BCUT2D eigenvalue weighted by Crippen LogP contribution is -2.32. The molecule has 0 fully saturated rings. The molecule has 29 heavy (non-hydrogen) atoms. The minimum absolute atomic E-state index is 0.0202. The fourth-order valence-electron chi connectivity index (χ4n) is 2.10. The van der Waals surface area contributed by atoms with Gasteiger partial charge in [-0.15, -0.1) is 0 Å². The molecular weight excluding hydrogens is 416 g/mol. The van der Waals surface area contributed by atoms with Gasteiger partial charge < -0.3 is 15.5 Å². The number of benzene rings is 2. The quantitative estimate of drug-likeness (QED) is 0.562. The predicted molar refractivity (Wildman–Crippen MR) is 114 cm³/mol. The SMILES string of the molecule is CCN(CC)CC(=O)Nc1ccc(Sc2ccc(Cl)cc2)cc1.O=C(O)C(=O)O. The van der Waals surface area contributed by atoms with Crippen molar-refractivity contribution in [2.75, 3.05) is 25.0 Å². The van der Waals surface area contributed by atoms with Gasteiger partial charge in [0.2, 0.25) is 5.91 Å². The van der Waals surface area contributed by atoms with Crippen molar-refractivity contribution >= 4 is 46.9 Å². The molecule has 0 aliphatic rings. The summed E-state index contributed by atoms with van der Waals surface area (Å²) >= 11 is 7.55. The molecule has 7 nitrogen and oxygen atoms in total. The van der Waals surface area contributed by atoms with E-state index < -0.39 is 11.9 Å². The van der Waals surface area contributed by atoms with Gasteiger partial charge in [0, 0.05) is 20.5 Å². The highest BCUT2D eigenvalue weighted by molar-refractivity contribution is 7.99. The Morgan fingerprint density at radius 2 is 1.34 bits per heavy atom. The third kappa shape index (κ3) is 9.98. The molecule has 0 saturated heterocycles. The Morgan fingerprint density at radius 3 is 1.76 bits per heavy atom. The van der Waals surface area contributed by atoms with Crippen molar-refractivity contribution in [2.24, 2.45) is 0 Å². The van der Waals surface area contributed by atoms with E-state index in [1.807, 2.05) is 48.5 Å². The second-order valence-corrected chi connectivity index (χ2v) is 7.28. The van der Waals surface area contributed by atoms with Crippen LogP contribution < -0.4 is 5.32 Å². The van der Waals surface area contributed by atoms with E-state index in [2.05, 4.69) is 24.1 Å². The summed E-state index contributed by atoms with van der Waals surface area (Å²) in [5.74, 6) is -3.63. The molecule has 0 unspecified atom stereocenters. The number of nitrogens with zero attached hydrogens (tertiary/aromatic N) is 1. The number of aliphatic carboxylic acids is 2. The van der Waals surface area contributed by atoms with Crippen molar-refractivity contribution in [1.29, 1.82) is 0 Å². The van der Waals surface area contributed by atoms with Crippen molar-refractivity contribution in [2.45, 2.75) is 23.6 Å². The topological polar surface area (TPSA) is 107 Å². The minimum Gasteiger partial charge on any atom is -0.473 e. The molecule has 3 N–H and O–H groups in total. The zero-order chi connectivity index (χ0) is 21.8. The van der Waals surface area contributed by atoms with E-state index in [9.17, 15) is 4.79 Å². The van der Waals surface area contributed by atoms with Crippen molar-refractivity contribution in [1.82, 2.24) is 4.90 Å². The second-order valence-electron chi connectivity index (χ2n) is 5.70. The smallest absolute Gasteiger partial charge is 0.414 e. The number of anilines is 1. The maximum atomic E-state index is 12.0. The van der Waals surface area contributed by atoms with Gasteiger partial charge in [-0.25, -0.2) is 9.59 Å². The van der Waals surface area contributed by atoms with E-state index >= 15 is 0 Å². The molecule has 0 heterocycles. The average molecular weight is 439 g/mol. The Morgan fingerprint density at radius 1 is 0.897 bits per heavy atom. The van der Waals surface area contributed by atoms with Crippen LogP contribution in [0.25, 0.3) is 0 Å². The molecule has 0 bridgehead atoms.